The van der Waals surface area contributed by atoms with Crippen LogP contribution in [0.5, 0.6) is 0 Å². The average molecular weight is 524 g/mol. The molecule has 0 aliphatic heterocycles. The Bertz CT molecular complexity index is 756. The second-order valence-corrected chi connectivity index (χ2v) is 6.92. The molecule has 1 atom stereocenters. The predicted molar refractivity (Wildman–Crippen MR) is 133 cm³/mol. The molecule has 0 radical (unpaired) electrons. The number of hydrogen-bond donors (Lipinski definition) is 3. The van der Waals surface area contributed by atoms with Crippen LogP contribution in [-0.4, -0.2) is 55.2 Å². The van der Waals surface area contributed by atoms with E-state index in [-0.39, 0.29) is 42.4 Å². The Morgan fingerprint density at radius 3 is 2.30 bits per heavy atom. The van der Waals surface area contributed by atoms with Crippen molar-refractivity contribution < 1.29 is 9.90 Å². The maximum absolute atomic E-state index is 12.4. The highest BCUT2D eigenvalue weighted by molar-refractivity contribution is 14.0. The quantitative estimate of drug-likeness (QED) is 0.254. The molecule has 0 spiro atoms. The van der Waals surface area contributed by atoms with Crippen LogP contribution >= 0.6 is 24.0 Å². The normalized spacial score (nSPS) is 11.9. The summed E-state index contributed by atoms with van der Waals surface area (Å²) in [6, 6.07) is 19.8. The van der Waals surface area contributed by atoms with Crippen LogP contribution < -0.4 is 10.6 Å². The molecule has 0 aliphatic carbocycles. The Morgan fingerprint density at radius 1 is 1.07 bits per heavy atom. The molecule has 30 heavy (non-hydrogen) atoms. The first-order valence-electron chi connectivity index (χ1n) is 10.1. The van der Waals surface area contributed by atoms with E-state index in [4.69, 9.17) is 0 Å². The number of aliphatic hydroxyl groups excluding tert-OH is 1. The third kappa shape index (κ3) is 9.13. The Hall–Kier alpha value is -2.13. The summed E-state index contributed by atoms with van der Waals surface area (Å²) >= 11 is 0. The SMILES string of the molecule is CCNC(=NCC(CO)c1ccccc1)NCCC(=O)N(C)Cc1ccccc1.I. The Morgan fingerprint density at radius 2 is 1.70 bits per heavy atom. The lowest BCUT2D eigenvalue weighted by Gasteiger charge is -2.18. The maximum Gasteiger partial charge on any atom is 0.224 e. The number of guanidine groups is 1. The van der Waals surface area contributed by atoms with Crippen molar-refractivity contribution in [2.75, 3.05) is 33.3 Å². The van der Waals surface area contributed by atoms with Crippen molar-refractivity contribution in [3.63, 3.8) is 0 Å². The molecule has 2 rings (SSSR count). The molecule has 164 valence electrons. The summed E-state index contributed by atoms with van der Waals surface area (Å²) < 4.78 is 0. The van der Waals surface area contributed by atoms with Crippen LogP contribution in [0, 0.1) is 0 Å². The van der Waals surface area contributed by atoms with Gasteiger partial charge in [0.1, 0.15) is 0 Å². The number of rotatable bonds is 10. The van der Waals surface area contributed by atoms with E-state index in [1.807, 2.05) is 74.6 Å². The lowest BCUT2D eigenvalue weighted by molar-refractivity contribution is -0.130. The first kappa shape index (κ1) is 25.9. The van der Waals surface area contributed by atoms with Crippen molar-refractivity contribution in [1.29, 1.82) is 0 Å². The zero-order valence-electron chi connectivity index (χ0n) is 17.8. The van der Waals surface area contributed by atoms with Crippen LogP contribution in [0.4, 0.5) is 0 Å². The number of aliphatic imine (C=N–C) groups is 1. The molecule has 0 saturated carbocycles. The fraction of sp³-hybridized carbons (Fsp3) is 0.391. The van der Waals surface area contributed by atoms with Crippen molar-refractivity contribution >= 4 is 35.8 Å². The second kappa shape index (κ2) is 14.8. The van der Waals surface area contributed by atoms with Crippen molar-refractivity contribution in [3.8, 4) is 0 Å². The highest BCUT2D eigenvalue weighted by Gasteiger charge is 2.11. The molecule has 0 heterocycles. The molecule has 0 fully saturated rings. The summed E-state index contributed by atoms with van der Waals surface area (Å²) in [7, 11) is 1.82. The van der Waals surface area contributed by atoms with Crippen molar-refractivity contribution in [2.24, 2.45) is 4.99 Å². The molecule has 3 N–H and O–H groups in total. The van der Waals surface area contributed by atoms with Gasteiger partial charge in [-0.1, -0.05) is 60.7 Å². The van der Waals surface area contributed by atoms with Gasteiger partial charge in [0.05, 0.1) is 13.2 Å². The highest BCUT2D eigenvalue weighted by Crippen LogP contribution is 2.14. The zero-order valence-corrected chi connectivity index (χ0v) is 20.1. The Kier molecular flexibility index (Phi) is 12.8. The van der Waals surface area contributed by atoms with E-state index < -0.39 is 0 Å². The van der Waals surface area contributed by atoms with Gasteiger partial charge < -0.3 is 20.6 Å². The molecule has 6 nitrogen and oxygen atoms in total. The molecule has 2 aromatic rings. The summed E-state index contributed by atoms with van der Waals surface area (Å²) in [4.78, 5) is 18.7. The van der Waals surface area contributed by atoms with E-state index >= 15 is 0 Å². The van der Waals surface area contributed by atoms with Crippen molar-refractivity contribution in [1.82, 2.24) is 15.5 Å². The fourth-order valence-corrected chi connectivity index (χ4v) is 2.96. The van der Waals surface area contributed by atoms with Crippen molar-refractivity contribution in [3.05, 3.63) is 71.8 Å². The van der Waals surface area contributed by atoms with Gasteiger partial charge in [0.15, 0.2) is 5.96 Å². The summed E-state index contributed by atoms with van der Waals surface area (Å²) in [6.07, 6.45) is 0.385. The van der Waals surface area contributed by atoms with Gasteiger partial charge in [-0.2, -0.15) is 0 Å². The second-order valence-electron chi connectivity index (χ2n) is 6.92. The largest absolute Gasteiger partial charge is 0.396 e. The number of amides is 1. The van der Waals surface area contributed by atoms with Crippen LogP contribution in [0.25, 0.3) is 0 Å². The van der Waals surface area contributed by atoms with E-state index in [1.165, 1.54) is 0 Å². The van der Waals surface area contributed by atoms with Gasteiger partial charge in [-0.25, -0.2) is 0 Å². The predicted octanol–water partition coefficient (Wildman–Crippen LogP) is 2.98. The molecular weight excluding hydrogens is 491 g/mol. The minimum atomic E-state index is -0.0507. The van der Waals surface area contributed by atoms with Crippen LogP contribution in [0.2, 0.25) is 0 Å². The van der Waals surface area contributed by atoms with Gasteiger partial charge in [-0.3, -0.25) is 9.79 Å². The van der Waals surface area contributed by atoms with E-state index in [1.54, 1.807) is 4.90 Å². The summed E-state index contributed by atoms with van der Waals surface area (Å²) in [5, 5.41) is 16.1. The molecule has 7 heteroatoms. The first-order valence-corrected chi connectivity index (χ1v) is 10.1. The maximum atomic E-state index is 12.4. The van der Waals surface area contributed by atoms with Crippen LogP contribution in [0.1, 0.15) is 30.4 Å². The third-order valence-corrected chi connectivity index (χ3v) is 4.63. The van der Waals surface area contributed by atoms with Gasteiger partial charge in [0.25, 0.3) is 0 Å². The van der Waals surface area contributed by atoms with E-state index in [2.05, 4.69) is 15.6 Å². The molecule has 0 bridgehead atoms. The van der Waals surface area contributed by atoms with E-state index in [0.29, 0.717) is 32.0 Å². The monoisotopic (exact) mass is 524 g/mol. The first-order chi connectivity index (χ1) is 14.1. The number of nitrogens with zero attached hydrogens (tertiary/aromatic N) is 2. The van der Waals surface area contributed by atoms with Crippen LogP contribution in [-0.2, 0) is 11.3 Å². The molecule has 1 amide bonds. The van der Waals surface area contributed by atoms with Gasteiger partial charge in [0, 0.05) is 39.0 Å². The number of aliphatic hydroxyl groups is 1. The number of carbonyl (C=O) groups is 1. The molecule has 2 aromatic carbocycles. The van der Waals surface area contributed by atoms with Gasteiger partial charge >= 0.3 is 0 Å². The van der Waals surface area contributed by atoms with Gasteiger partial charge in [-0.15, -0.1) is 24.0 Å². The van der Waals surface area contributed by atoms with E-state index in [0.717, 1.165) is 17.7 Å². The standard InChI is InChI=1S/C23H32N4O2.HI/c1-3-24-23(26-16-21(18-28)20-12-8-5-9-13-20)25-15-14-22(29)27(2)17-19-10-6-4-7-11-19;/h4-13,21,28H,3,14-18H2,1-2H3,(H2,24,25,26);1H. The lowest BCUT2D eigenvalue weighted by Crippen LogP contribution is -2.39. The molecule has 0 aromatic heterocycles. The number of nitrogens with one attached hydrogen (secondary N) is 2. The average Bonchev–Trinajstić information content (AvgIpc) is 2.75. The minimum absolute atomic E-state index is 0. The summed E-state index contributed by atoms with van der Waals surface area (Å²) in [5.41, 5.74) is 2.18. The Labute approximate surface area is 196 Å². The van der Waals surface area contributed by atoms with Crippen molar-refractivity contribution in [2.45, 2.75) is 25.8 Å². The molecule has 0 saturated heterocycles. The fourth-order valence-electron chi connectivity index (χ4n) is 2.96. The zero-order chi connectivity index (χ0) is 20.9. The van der Waals surface area contributed by atoms with Crippen LogP contribution in [0.15, 0.2) is 65.7 Å². The molecule has 0 aliphatic rings. The molecule has 1 unspecified atom stereocenters. The van der Waals surface area contributed by atoms with Crippen LogP contribution in [0.3, 0.4) is 0 Å². The smallest absolute Gasteiger partial charge is 0.224 e. The lowest BCUT2D eigenvalue weighted by atomic mass is 10.0. The number of carbonyl (C=O) groups excluding carboxylic acids is 1. The number of hydrogen-bond acceptors (Lipinski definition) is 3. The summed E-state index contributed by atoms with van der Waals surface area (Å²) in [5.74, 6) is 0.681. The van der Waals surface area contributed by atoms with E-state index in [9.17, 15) is 9.90 Å². The molecular formula is C23H33IN4O2. The number of halogens is 1. The summed E-state index contributed by atoms with van der Waals surface area (Å²) in [6.45, 7) is 4.33. The third-order valence-electron chi connectivity index (χ3n) is 4.63. The Balaban J connectivity index is 0.00000450. The van der Waals surface area contributed by atoms with Gasteiger partial charge in [0.2, 0.25) is 5.91 Å². The topological polar surface area (TPSA) is 77.0 Å². The highest BCUT2D eigenvalue weighted by atomic mass is 127. The van der Waals surface area contributed by atoms with Gasteiger partial charge in [-0.05, 0) is 18.1 Å². The number of benzene rings is 2. The minimum Gasteiger partial charge on any atom is -0.396 e.